The van der Waals surface area contributed by atoms with Crippen molar-refractivity contribution in [3.63, 3.8) is 0 Å². The quantitative estimate of drug-likeness (QED) is 0.670. The Balaban J connectivity index is 1.76. The van der Waals surface area contributed by atoms with Gasteiger partial charge in [0.25, 0.3) is 11.8 Å². The van der Waals surface area contributed by atoms with E-state index < -0.39 is 0 Å². The highest BCUT2D eigenvalue weighted by Crippen LogP contribution is 2.21. The summed E-state index contributed by atoms with van der Waals surface area (Å²) in [5, 5.41) is 0. The molecule has 0 saturated carbocycles. The average molecular weight is 390 g/mol. The maximum Gasteiger partial charge on any atom is 0.271 e. The summed E-state index contributed by atoms with van der Waals surface area (Å²) >= 11 is 0. The summed E-state index contributed by atoms with van der Waals surface area (Å²) in [5.41, 5.74) is 10.8. The van der Waals surface area contributed by atoms with Gasteiger partial charge >= 0.3 is 0 Å². The molecule has 0 unspecified atom stereocenters. The largest absolute Gasteiger partial charge is 0.378 e. The number of nitrogens with zero attached hydrogens (tertiary/aromatic N) is 2. The molecule has 0 aliphatic rings. The highest BCUT2D eigenvalue weighted by Gasteiger charge is 2.17. The number of carbonyl (C=O) groups excluding carboxylic acids is 2. The van der Waals surface area contributed by atoms with Crippen LogP contribution in [0, 0.1) is 20.8 Å². The maximum atomic E-state index is 12.7. The van der Waals surface area contributed by atoms with Gasteiger partial charge < -0.3 is 9.47 Å². The highest BCUT2D eigenvalue weighted by molar-refractivity contribution is 6.00. The molecule has 0 bridgehead atoms. The SMILES string of the molecule is Cc1cccc(-n2c(C)cc(C(=O)NNC(=O)c3cccc(N(C)C)c3)c2C)c1. The summed E-state index contributed by atoms with van der Waals surface area (Å²) in [6, 6.07) is 17.1. The molecule has 3 aromatic rings. The summed E-state index contributed by atoms with van der Waals surface area (Å²) in [4.78, 5) is 27.0. The molecule has 2 N–H and O–H groups in total. The van der Waals surface area contributed by atoms with Gasteiger partial charge in [0.05, 0.1) is 5.56 Å². The van der Waals surface area contributed by atoms with Crippen molar-refractivity contribution in [2.75, 3.05) is 19.0 Å². The van der Waals surface area contributed by atoms with Crippen LogP contribution in [0.2, 0.25) is 0 Å². The molecule has 0 radical (unpaired) electrons. The zero-order valence-electron chi connectivity index (χ0n) is 17.4. The fourth-order valence-corrected chi connectivity index (χ4v) is 3.34. The van der Waals surface area contributed by atoms with Crippen molar-refractivity contribution in [3.05, 3.63) is 82.7 Å². The van der Waals surface area contributed by atoms with E-state index in [0.29, 0.717) is 11.1 Å². The normalized spacial score (nSPS) is 10.5. The van der Waals surface area contributed by atoms with Gasteiger partial charge in [-0.05, 0) is 62.7 Å². The molecule has 1 heterocycles. The van der Waals surface area contributed by atoms with Crippen LogP contribution in [0.25, 0.3) is 5.69 Å². The Bertz CT molecular complexity index is 1070. The van der Waals surface area contributed by atoms with E-state index in [4.69, 9.17) is 0 Å². The van der Waals surface area contributed by atoms with Crippen molar-refractivity contribution in [3.8, 4) is 5.69 Å². The summed E-state index contributed by atoms with van der Waals surface area (Å²) in [6.07, 6.45) is 0. The molecule has 0 saturated heterocycles. The smallest absolute Gasteiger partial charge is 0.271 e. The van der Waals surface area contributed by atoms with Crippen molar-refractivity contribution in [1.29, 1.82) is 0 Å². The van der Waals surface area contributed by atoms with Gasteiger partial charge in [-0.15, -0.1) is 0 Å². The average Bonchev–Trinajstić information content (AvgIpc) is 3.00. The molecule has 1 aromatic heterocycles. The van der Waals surface area contributed by atoms with Crippen molar-refractivity contribution in [1.82, 2.24) is 15.4 Å². The van der Waals surface area contributed by atoms with Gasteiger partial charge in [-0.3, -0.25) is 20.4 Å². The topological polar surface area (TPSA) is 66.4 Å². The van der Waals surface area contributed by atoms with Gasteiger partial charge in [0.1, 0.15) is 0 Å². The Hall–Kier alpha value is -3.54. The van der Waals surface area contributed by atoms with Crippen LogP contribution in [0.1, 0.15) is 37.7 Å². The lowest BCUT2D eigenvalue weighted by Crippen LogP contribution is -2.41. The molecule has 150 valence electrons. The summed E-state index contributed by atoms with van der Waals surface area (Å²) < 4.78 is 2.03. The number of hydrogen-bond donors (Lipinski definition) is 2. The number of amides is 2. The minimum Gasteiger partial charge on any atom is -0.378 e. The predicted octanol–water partition coefficient (Wildman–Crippen LogP) is 3.54. The number of anilines is 1. The van der Waals surface area contributed by atoms with Gasteiger partial charge in [-0.25, -0.2) is 0 Å². The van der Waals surface area contributed by atoms with Gasteiger partial charge in [-0.2, -0.15) is 0 Å². The minimum atomic E-state index is -0.366. The Kier molecular flexibility index (Phi) is 5.73. The molecule has 2 aromatic carbocycles. The van der Waals surface area contributed by atoms with E-state index in [9.17, 15) is 9.59 Å². The van der Waals surface area contributed by atoms with E-state index >= 15 is 0 Å². The second-order valence-electron chi connectivity index (χ2n) is 7.31. The van der Waals surface area contributed by atoms with E-state index in [1.165, 1.54) is 0 Å². The standard InChI is InChI=1S/C23H26N4O2/c1-15-8-6-11-20(12-15)27-16(2)13-21(17(27)3)23(29)25-24-22(28)18-9-7-10-19(14-18)26(4)5/h6-14H,1-5H3,(H,24,28)(H,25,29). The number of nitrogens with one attached hydrogen (secondary N) is 2. The number of carbonyl (C=O) groups is 2. The summed E-state index contributed by atoms with van der Waals surface area (Å²) in [5.74, 6) is -0.719. The number of aromatic nitrogens is 1. The number of hydrazine groups is 1. The molecule has 0 atom stereocenters. The van der Waals surface area contributed by atoms with Crippen LogP contribution in [-0.4, -0.2) is 30.5 Å². The van der Waals surface area contributed by atoms with E-state index in [1.54, 1.807) is 12.1 Å². The van der Waals surface area contributed by atoms with Gasteiger partial charge in [0.2, 0.25) is 0 Å². The number of aryl methyl sites for hydroxylation is 2. The van der Waals surface area contributed by atoms with Crippen molar-refractivity contribution >= 4 is 17.5 Å². The predicted molar refractivity (Wildman–Crippen MR) is 116 cm³/mol. The first-order chi connectivity index (χ1) is 13.8. The summed E-state index contributed by atoms with van der Waals surface area (Å²) in [7, 11) is 3.81. The third-order valence-electron chi connectivity index (χ3n) is 4.85. The van der Waals surface area contributed by atoms with Crippen LogP contribution in [-0.2, 0) is 0 Å². The van der Waals surface area contributed by atoms with Crippen LogP contribution in [0.3, 0.4) is 0 Å². The zero-order chi connectivity index (χ0) is 21.1. The maximum absolute atomic E-state index is 12.7. The second-order valence-corrected chi connectivity index (χ2v) is 7.31. The van der Waals surface area contributed by atoms with Crippen molar-refractivity contribution in [2.45, 2.75) is 20.8 Å². The van der Waals surface area contributed by atoms with E-state index in [-0.39, 0.29) is 11.8 Å². The molecule has 0 fully saturated rings. The van der Waals surface area contributed by atoms with Crippen LogP contribution < -0.4 is 15.8 Å². The Labute approximate surface area is 171 Å². The molecule has 6 nitrogen and oxygen atoms in total. The van der Waals surface area contributed by atoms with E-state index in [0.717, 1.165) is 28.3 Å². The van der Waals surface area contributed by atoms with Crippen LogP contribution in [0.5, 0.6) is 0 Å². The Morgan fingerprint density at radius 3 is 2.24 bits per heavy atom. The molecular weight excluding hydrogens is 364 g/mol. The van der Waals surface area contributed by atoms with Gasteiger partial charge in [-0.1, -0.05) is 18.2 Å². The zero-order valence-corrected chi connectivity index (χ0v) is 17.4. The van der Waals surface area contributed by atoms with Crippen LogP contribution in [0.4, 0.5) is 5.69 Å². The molecule has 3 rings (SSSR count). The Morgan fingerprint density at radius 2 is 1.55 bits per heavy atom. The summed E-state index contributed by atoms with van der Waals surface area (Å²) in [6.45, 7) is 5.89. The van der Waals surface area contributed by atoms with Crippen molar-refractivity contribution in [2.24, 2.45) is 0 Å². The first kappa shape index (κ1) is 20.2. The molecule has 0 aliphatic heterocycles. The van der Waals surface area contributed by atoms with Gasteiger partial charge in [0, 0.05) is 42.4 Å². The first-order valence-corrected chi connectivity index (χ1v) is 9.42. The number of hydrogen-bond acceptors (Lipinski definition) is 3. The lowest BCUT2D eigenvalue weighted by Gasteiger charge is -2.14. The number of rotatable bonds is 4. The van der Waals surface area contributed by atoms with Crippen LogP contribution >= 0.6 is 0 Å². The fraction of sp³-hybridized carbons (Fsp3) is 0.217. The minimum absolute atomic E-state index is 0.353. The lowest BCUT2D eigenvalue weighted by atomic mass is 10.2. The lowest BCUT2D eigenvalue weighted by molar-refractivity contribution is 0.0846. The number of benzene rings is 2. The highest BCUT2D eigenvalue weighted by atomic mass is 16.2. The first-order valence-electron chi connectivity index (χ1n) is 9.42. The molecular formula is C23H26N4O2. The van der Waals surface area contributed by atoms with Crippen molar-refractivity contribution < 1.29 is 9.59 Å². The Morgan fingerprint density at radius 1 is 0.862 bits per heavy atom. The molecule has 2 amide bonds. The molecule has 6 heteroatoms. The molecule has 29 heavy (non-hydrogen) atoms. The third-order valence-corrected chi connectivity index (χ3v) is 4.85. The van der Waals surface area contributed by atoms with Crippen LogP contribution in [0.15, 0.2) is 54.6 Å². The fourth-order valence-electron chi connectivity index (χ4n) is 3.34. The molecule has 0 spiro atoms. The second kappa shape index (κ2) is 8.22. The molecule has 0 aliphatic carbocycles. The van der Waals surface area contributed by atoms with E-state index in [2.05, 4.69) is 16.9 Å². The monoisotopic (exact) mass is 390 g/mol. The van der Waals surface area contributed by atoms with E-state index in [1.807, 2.05) is 80.7 Å². The third kappa shape index (κ3) is 4.32. The van der Waals surface area contributed by atoms with Gasteiger partial charge in [0.15, 0.2) is 0 Å².